The maximum atomic E-state index is 5.74. The first kappa shape index (κ1) is 9.96. The third kappa shape index (κ3) is 2.73. The summed E-state index contributed by atoms with van der Waals surface area (Å²) in [5, 5.41) is 2.06. The van der Waals surface area contributed by atoms with Gasteiger partial charge in [0.05, 0.1) is 6.61 Å². The second kappa shape index (κ2) is 4.80. The number of hydrogen-bond acceptors (Lipinski definition) is 3. The zero-order valence-corrected chi connectivity index (χ0v) is 8.12. The van der Waals surface area contributed by atoms with Crippen LogP contribution in [0.15, 0.2) is 0 Å². The van der Waals surface area contributed by atoms with Crippen LogP contribution in [0, 0.1) is 0 Å². The first-order valence-electron chi connectivity index (χ1n) is 4.89. The zero-order valence-electron chi connectivity index (χ0n) is 8.12. The van der Waals surface area contributed by atoms with Gasteiger partial charge < -0.3 is 5.73 Å². The van der Waals surface area contributed by atoms with Gasteiger partial charge in [0, 0.05) is 18.6 Å². The summed E-state index contributed by atoms with van der Waals surface area (Å²) in [7, 11) is 0. The lowest BCUT2D eigenvalue weighted by Crippen LogP contribution is -2.34. The molecule has 1 unspecified atom stereocenters. The van der Waals surface area contributed by atoms with E-state index in [0.717, 1.165) is 13.0 Å². The van der Waals surface area contributed by atoms with Crippen LogP contribution in [0.5, 0.6) is 0 Å². The van der Waals surface area contributed by atoms with E-state index in [-0.39, 0.29) is 6.04 Å². The number of rotatable bonds is 4. The van der Waals surface area contributed by atoms with Crippen LogP contribution in [0.25, 0.3) is 0 Å². The third-order valence-corrected chi connectivity index (χ3v) is 2.47. The van der Waals surface area contributed by atoms with Crippen LogP contribution in [0.3, 0.4) is 0 Å². The lowest BCUT2D eigenvalue weighted by atomic mass is 10.2. The minimum Gasteiger partial charge on any atom is -0.326 e. The topological polar surface area (TPSA) is 38.5 Å². The molecule has 1 heterocycles. The lowest BCUT2D eigenvalue weighted by Gasteiger charge is -2.22. The van der Waals surface area contributed by atoms with Gasteiger partial charge in [0.2, 0.25) is 0 Å². The van der Waals surface area contributed by atoms with Crippen LogP contribution >= 0.6 is 0 Å². The third-order valence-electron chi connectivity index (χ3n) is 2.47. The van der Waals surface area contributed by atoms with Crippen LogP contribution < -0.4 is 5.73 Å². The molecule has 3 nitrogen and oxygen atoms in total. The van der Waals surface area contributed by atoms with E-state index in [1.54, 1.807) is 0 Å². The van der Waals surface area contributed by atoms with Crippen molar-refractivity contribution in [3.63, 3.8) is 0 Å². The molecule has 0 saturated carbocycles. The van der Waals surface area contributed by atoms with E-state index < -0.39 is 0 Å². The molecular formula is C9H20N2O. The summed E-state index contributed by atoms with van der Waals surface area (Å²) in [6.07, 6.45) is 3.49. The number of hydroxylamine groups is 2. The van der Waals surface area contributed by atoms with Crippen LogP contribution in [-0.2, 0) is 4.84 Å². The molecule has 0 aromatic rings. The normalized spacial score (nSPS) is 27.8. The standard InChI is InChI=1S/C9H20N2O/c1-3-9(10)7-12-11-6-4-5-8(11)2/h8-9H,3-7,10H2,1-2H3/t8?,9-/m0/s1. The Morgan fingerprint density at radius 1 is 1.67 bits per heavy atom. The fraction of sp³-hybridized carbons (Fsp3) is 1.00. The fourth-order valence-corrected chi connectivity index (χ4v) is 1.41. The summed E-state index contributed by atoms with van der Waals surface area (Å²) in [5.41, 5.74) is 5.74. The molecular weight excluding hydrogens is 152 g/mol. The Kier molecular flexibility index (Phi) is 3.98. The Balaban J connectivity index is 2.13. The largest absolute Gasteiger partial charge is 0.326 e. The van der Waals surface area contributed by atoms with Gasteiger partial charge in [-0.2, -0.15) is 5.06 Å². The van der Waals surface area contributed by atoms with Crippen molar-refractivity contribution >= 4 is 0 Å². The molecule has 2 N–H and O–H groups in total. The molecule has 2 atom stereocenters. The molecule has 0 aromatic carbocycles. The Bertz CT molecular complexity index is 130. The van der Waals surface area contributed by atoms with E-state index in [4.69, 9.17) is 10.6 Å². The second-order valence-electron chi connectivity index (χ2n) is 3.60. The Labute approximate surface area is 74.8 Å². The molecule has 1 fully saturated rings. The van der Waals surface area contributed by atoms with Crippen molar-refractivity contribution in [3.05, 3.63) is 0 Å². The second-order valence-corrected chi connectivity index (χ2v) is 3.60. The Morgan fingerprint density at radius 3 is 2.92 bits per heavy atom. The van der Waals surface area contributed by atoms with E-state index in [2.05, 4.69) is 18.9 Å². The average Bonchev–Trinajstić information content (AvgIpc) is 2.47. The van der Waals surface area contributed by atoms with E-state index in [9.17, 15) is 0 Å². The molecule has 1 aliphatic rings. The molecule has 0 radical (unpaired) electrons. The van der Waals surface area contributed by atoms with Crippen molar-refractivity contribution in [1.29, 1.82) is 0 Å². The predicted molar refractivity (Wildman–Crippen MR) is 49.6 cm³/mol. The van der Waals surface area contributed by atoms with Crippen molar-refractivity contribution in [3.8, 4) is 0 Å². The van der Waals surface area contributed by atoms with Gasteiger partial charge in [-0.25, -0.2) is 0 Å². The summed E-state index contributed by atoms with van der Waals surface area (Å²) in [5.74, 6) is 0. The molecule has 0 bridgehead atoms. The van der Waals surface area contributed by atoms with Gasteiger partial charge >= 0.3 is 0 Å². The highest BCUT2D eigenvalue weighted by atomic mass is 16.7. The van der Waals surface area contributed by atoms with E-state index in [0.29, 0.717) is 12.6 Å². The van der Waals surface area contributed by atoms with Crippen LogP contribution in [0.1, 0.15) is 33.1 Å². The number of nitrogens with two attached hydrogens (primary N) is 1. The molecule has 0 aromatic heterocycles. The van der Waals surface area contributed by atoms with Crippen molar-refractivity contribution in [2.45, 2.75) is 45.2 Å². The molecule has 12 heavy (non-hydrogen) atoms. The van der Waals surface area contributed by atoms with E-state index >= 15 is 0 Å². The van der Waals surface area contributed by atoms with Crippen molar-refractivity contribution in [2.75, 3.05) is 13.2 Å². The Morgan fingerprint density at radius 2 is 2.42 bits per heavy atom. The number of hydrogen-bond donors (Lipinski definition) is 1. The van der Waals surface area contributed by atoms with Gasteiger partial charge in [-0.3, -0.25) is 4.84 Å². The van der Waals surface area contributed by atoms with Gasteiger partial charge in [-0.1, -0.05) is 6.92 Å². The van der Waals surface area contributed by atoms with Gasteiger partial charge in [0.15, 0.2) is 0 Å². The van der Waals surface area contributed by atoms with Gasteiger partial charge in [0.25, 0.3) is 0 Å². The van der Waals surface area contributed by atoms with Crippen molar-refractivity contribution < 1.29 is 4.84 Å². The maximum absolute atomic E-state index is 5.74. The summed E-state index contributed by atoms with van der Waals surface area (Å²) in [6.45, 7) is 6.02. The highest BCUT2D eigenvalue weighted by Gasteiger charge is 2.21. The minimum absolute atomic E-state index is 0.192. The molecule has 72 valence electrons. The first-order chi connectivity index (χ1) is 5.74. The van der Waals surface area contributed by atoms with Crippen LogP contribution in [0.2, 0.25) is 0 Å². The quantitative estimate of drug-likeness (QED) is 0.691. The highest BCUT2D eigenvalue weighted by Crippen LogP contribution is 2.16. The van der Waals surface area contributed by atoms with Crippen LogP contribution in [-0.4, -0.2) is 30.3 Å². The van der Waals surface area contributed by atoms with Crippen LogP contribution in [0.4, 0.5) is 0 Å². The zero-order chi connectivity index (χ0) is 8.97. The molecule has 0 amide bonds. The summed E-state index contributed by atoms with van der Waals surface area (Å²) in [4.78, 5) is 5.58. The summed E-state index contributed by atoms with van der Waals surface area (Å²) >= 11 is 0. The van der Waals surface area contributed by atoms with Gasteiger partial charge in [-0.15, -0.1) is 0 Å². The molecule has 3 heteroatoms. The van der Waals surface area contributed by atoms with Crippen molar-refractivity contribution in [1.82, 2.24) is 5.06 Å². The highest BCUT2D eigenvalue weighted by molar-refractivity contribution is 4.68. The monoisotopic (exact) mass is 172 g/mol. The van der Waals surface area contributed by atoms with E-state index in [1.807, 2.05) is 0 Å². The molecule has 1 saturated heterocycles. The summed E-state index contributed by atoms with van der Waals surface area (Å²) in [6, 6.07) is 0.770. The Hall–Kier alpha value is -0.120. The van der Waals surface area contributed by atoms with Gasteiger partial charge in [0.1, 0.15) is 0 Å². The fourth-order valence-electron chi connectivity index (χ4n) is 1.41. The average molecular weight is 172 g/mol. The predicted octanol–water partition coefficient (Wildman–Crippen LogP) is 1.14. The minimum atomic E-state index is 0.192. The smallest absolute Gasteiger partial charge is 0.0836 e. The van der Waals surface area contributed by atoms with Crippen molar-refractivity contribution in [2.24, 2.45) is 5.73 Å². The molecule has 1 rings (SSSR count). The summed E-state index contributed by atoms with van der Waals surface area (Å²) < 4.78 is 0. The SMILES string of the molecule is CC[C@H](N)CON1CCCC1C. The lowest BCUT2D eigenvalue weighted by molar-refractivity contribution is -0.168. The number of nitrogens with zero attached hydrogens (tertiary/aromatic N) is 1. The molecule has 0 aliphatic carbocycles. The first-order valence-corrected chi connectivity index (χ1v) is 4.89. The van der Waals surface area contributed by atoms with Gasteiger partial charge in [-0.05, 0) is 26.2 Å². The maximum Gasteiger partial charge on any atom is 0.0836 e. The molecule has 0 spiro atoms. The van der Waals surface area contributed by atoms with E-state index in [1.165, 1.54) is 12.8 Å². The molecule has 1 aliphatic heterocycles.